The Kier molecular flexibility index (Phi) is 5.24. The van der Waals surface area contributed by atoms with E-state index in [1.54, 1.807) is 0 Å². The maximum Gasteiger partial charge on any atom is 0.266 e. The summed E-state index contributed by atoms with van der Waals surface area (Å²) < 4.78 is 28.1. The number of anilines is 1. The van der Waals surface area contributed by atoms with Crippen LogP contribution in [0.3, 0.4) is 0 Å². The van der Waals surface area contributed by atoms with E-state index in [-0.39, 0.29) is 21.6 Å². The van der Waals surface area contributed by atoms with Gasteiger partial charge in [0.1, 0.15) is 0 Å². The van der Waals surface area contributed by atoms with E-state index in [1.165, 1.54) is 28.8 Å². The number of aromatic amines is 1. The molecule has 0 aliphatic heterocycles. The fourth-order valence-corrected chi connectivity index (χ4v) is 3.62. The molecule has 1 amide bonds. The fraction of sp³-hybridized carbons (Fsp3) is 0.0870. The molecule has 1 heterocycles. The van der Waals surface area contributed by atoms with Crippen molar-refractivity contribution < 1.29 is 13.6 Å². The Balaban J connectivity index is 1.76. The maximum atomic E-state index is 13.4. The van der Waals surface area contributed by atoms with E-state index >= 15 is 0 Å². The molecule has 2 N–H and O–H groups in total. The number of hydrogen-bond donors (Lipinski definition) is 2. The molecule has 4 rings (SSSR count). The van der Waals surface area contributed by atoms with Crippen LogP contribution in [0.1, 0.15) is 21.5 Å². The average Bonchev–Trinajstić information content (AvgIpc) is 2.73. The van der Waals surface area contributed by atoms with Gasteiger partial charge in [0.25, 0.3) is 11.5 Å². The molecule has 0 aliphatic rings. The fourth-order valence-electron chi connectivity index (χ4n) is 3.33. The summed E-state index contributed by atoms with van der Waals surface area (Å²) in [5.74, 6) is -2.60. The summed E-state index contributed by atoms with van der Waals surface area (Å²) in [5, 5.41) is 2.86. The Morgan fingerprint density at radius 2 is 1.81 bits per heavy atom. The molecule has 0 radical (unpaired) electrons. The molecule has 0 unspecified atom stereocenters. The van der Waals surface area contributed by atoms with Gasteiger partial charge in [-0.15, -0.1) is 0 Å². The van der Waals surface area contributed by atoms with Crippen LogP contribution in [0.4, 0.5) is 14.5 Å². The van der Waals surface area contributed by atoms with Crippen LogP contribution in [0, 0.1) is 30.3 Å². The SMILES string of the molecule is Cc1cccc(-n2c(=S)[nH]c3cc(C(=O)Nc4ccc(F)c(F)c4)ccc3c2=O)c1C. The molecule has 0 spiro atoms. The van der Waals surface area contributed by atoms with Crippen LogP contribution in [-0.2, 0) is 0 Å². The molecular weight excluding hydrogens is 420 g/mol. The number of halogens is 2. The summed E-state index contributed by atoms with van der Waals surface area (Å²) in [7, 11) is 0. The largest absolute Gasteiger partial charge is 0.331 e. The molecule has 1 aromatic heterocycles. The second-order valence-electron chi connectivity index (χ2n) is 7.13. The lowest BCUT2D eigenvalue weighted by atomic mass is 10.1. The number of amides is 1. The number of carbonyl (C=O) groups is 1. The van der Waals surface area contributed by atoms with E-state index in [2.05, 4.69) is 10.3 Å². The Morgan fingerprint density at radius 3 is 2.55 bits per heavy atom. The Hall–Kier alpha value is -3.65. The van der Waals surface area contributed by atoms with E-state index in [0.29, 0.717) is 16.6 Å². The van der Waals surface area contributed by atoms with E-state index in [1.807, 2.05) is 32.0 Å². The number of nitrogens with one attached hydrogen (secondary N) is 2. The van der Waals surface area contributed by atoms with Crippen molar-refractivity contribution in [1.29, 1.82) is 0 Å². The molecule has 0 atom stereocenters. The van der Waals surface area contributed by atoms with Crippen LogP contribution in [0.2, 0.25) is 0 Å². The van der Waals surface area contributed by atoms with Gasteiger partial charge in [-0.05, 0) is 73.6 Å². The van der Waals surface area contributed by atoms with Gasteiger partial charge in [-0.1, -0.05) is 12.1 Å². The lowest BCUT2D eigenvalue weighted by Gasteiger charge is -2.13. The maximum absolute atomic E-state index is 13.4. The molecule has 0 saturated heterocycles. The highest BCUT2D eigenvalue weighted by atomic mass is 32.1. The number of aryl methyl sites for hydroxylation is 1. The molecule has 0 fully saturated rings. The van der Waals surface area contributed by atoms with Gasteiger partial charge < -0.3 is 10.3 Å². The number of nitrogens with zero attached hydrogens (tertiary/aromatic N) is 1. The summed E-state index contributed by atoms with van der Waals surface area (Å²) in [5.41, 5.74) is 3.09. The molecular formula is C23H17F2N3O2S. The second-order valence-corrected chi connectivity index (χ2v) is 7.52. The Morgan fingerprint density at radius 1 is 1.03 bits per heavy atom. The average molecular weight is 437 g/mol. The zero-order valence-electron chi connectivity index (χ0n) is 16.6. The smallest absolute Gasteiger partial charge is 0.266 e. The van der Waals surface area contributed by atoms with E-state index in [4.69, 9.17) is 12.2 Å². The molecule has 31 heavy (non-hydrogen) atoms. The molecule has 3 aromatic carbocycles. The molecule has 0 aliphatic carbocycles. The number of aromatic nitrogens is 2. The normalized spacial score (nSPS) is 11.0. The first-order chi connectivity index (χ1) is 14.8. The van der Waals surface area contributed by atoms with Gasteiger partial charge in [-0.3, -0.25) is 14.2 Å². The molecule has 5 nitrogen and oxygen atoms in total. The number of H-pyrrole nitrogens is 1. The van der Waals surface area contributed by atoms with Crippen LogP contribution >= 0.6 is 12.2 Å². The number of fused-ring (bicyclic) bond motifs is 1. The topological polar surface area (TPSA) is 66.9 Å². The monoisotopic (exact) mass is 437 g/mol. The van der Waals surface area contributed by atoms with Gasteiger partial charge in [0.2, 0.25) is 0 Å². The van der Waals surface area contributed by atoms with Crippen molar-refractivity contribution in [3.8, 4) is 5.69 Å². The Labute approximate surface area is 181 Å². The minimum Gasteiger partial charge on any atom is -0.331 e. The van der Waals surface area contributed by atoms with Crippen LogP contribution in [0.25, 0.3) is 16.6 Å². The molecule has 8 heteroatoms. The van der Waals surface area contributed by atoms with Gasteiger partial charge in [-0.2, -0.15) is 0 Å². The lowest BCUT2D eigenvalue weighted by molar-refractivity contribution is 0.102. The van der Waals surface area contributed by atoms with Gasteiger partial charge in [0.15, 0.2) is 16.4 Å². The van der Waals surface area contributed by atoms with Crippen LogP contribution in [0.5, 0.6) is 0 Å². The standard InChI is InChI=1S/C23H17F2N3O2S/c1-12-4-3-5-20(13(12)2)28-22(30)16-8-6-14(10-19(16)27-23(28)31)21(29)26-15-7-9-17(24)18(25)11-15/h3-11H,1-2H3,(H,26,29)(H,27,31). The van der Waals surface area contributed by atoms with Crippen molar-refractivity contribution in [3.63, 3.8) is 0 Å². The van der Waals surface area contributed by atoms with E-state index in [9.17, 15) is 18.4 Å². The number of rotatable bonds is 3. The summed E-state index contributed by atoms with van der Waals surface area (Å²) in [4.78, 5) is 28.7. The van der Waals surface area contributed by atoms with Gasteiger partial charge >= 0.3 is 0 Å². The first-order valence-corrected chi connectivity index (χ1v) is 9.79. The van der Waals surface area contributed by atoms with Crippen LogP contribution < -0.4 is 10.9 Å². The summed E-state index contributed by atoms with van der Waals surface area (Å²) >= 11 is 5.42. The first-order valence-electron chi connectivity index (χ1n) is 9.38. The van der Waals surface area contributed by atoms with Crippen LogP contribution in [-0.4, -0.2) is 15.5 Å². The number of hydrogen-bond acceptors (Lipinski definition) is 3. The second kappa shape index (κ2) is 7.88. The minimum absolute atomic E-state index is 0.113. The minimum atomic E-state index is -1.06. The predicted octanol–water partition coefficient (Wildman–Crippen LogP) is 5.20. The zero-order chi connectivity index (χ0) is 22.3. The highest BCUT2D eigenvalue weighted by Gasteiger charge is 2.14. The zero-order valence-corrected chi connectivity index (χ0v) is 17.4. The summed E-state index contributed by atoms with van der Waals surface area (Å²) in [6.07, 6.45) is 0. The van der Waals surface area contributed by atoms with Crippen molar-refractivity contribution in [2.45, 2.75) is 13.8 Å². The van der Waals surface area contributed by atoms with Crippen molar-refractivity contribution in [2.75, 3.05) is 5.32 Å². The first kappa shape index (κ1) is 20.6. The number of carbonyl (C=O) groups excluding carboxylic acids is 1. The van der Waals surface area contributed by atoms with Gasteiger partial charge in [0, 0.05) is 17.3 Å². The van der Waals surface area contributed by atoms with Crippen molar-refractivity contribution >= 4 is 34.7 Å². The third kappa shape index (κ3) is 3.77. The molecule has 156 valence electrons. The lowest BCUT2D eigenvalue weighted by Crippen LogP contribution is -2.22. The van der Waals surface area contributed by atoms with Crippen molar-refractivity contribution in [1.82, 2.24) is 9.55 Å². The highest BCUT2D eigenvalue weighted by molar-refractivity contribution is 7.71. The van der Waals surface area contributed by atoms with Crippen molar-refractivity contribution in [2.24, 2.45) is 0 Å². The van der Waals surface area contributed by atoms with Crippen molar-refractivity contribution in [3.05, 3.63) is 98.0 Å². The van der Waals surface area contributed by atoms with Gasteiger partial charge in [-0.25, -0.2) is 8.78 Å². The summed E-state index contributed by atoms with van der Waals surface area (Å²) in [6, 6.07) is 13.2. The Bertz CT molecular complexity index is 1470. The number of benzene rings is 3. The molecule has 4 aromatic rings. The predicted molar refractivity (Wildman–Crippen MR) is 119 cm³/mol. The molecule has 0 saturated carbocycles. The summed E-state index contributed by atoms with van der Waals surface area (Å²) in [6.45, 7) is 3.87. The van der Waals surface area contributed by atoms with E-state index in [0.717, 1.165) is 23.3 Å². The third-order valence-corrected chi connectivity index (χ3v) is 5.44. The third-order valence-electron chi connectivity index (χ3n) is 5.15. The van der Waals surface area contributed by atoms with Gasteiger partial charge in [0.05, 0.1) is 16.6 Å². The highest BCUT2D eigenvalue weighted by Crippen LogP contribution is 2.19. The molecule has 0 bridgehead atoms. The van der Waals surface area contributed by atoms with E-state index < -0.39 is 17.5 Å². The quantitative estimate of drug-likeness (QED) is 0.433. The van der Waals surface area contributed by atoms with Crippen LogP contribution in [0.15, 0.2) is 59.4 Å².